The van der Waals surface area contributed by atoms with E-state index in [9.17, 15) is 4.79 Å². The Labute approximate surface area is 127 Å². The van der Waals surface area contributed by atoms with Gasteiger partial charge in [-0.2, -0.15) is 0 Å². The minimum atomic E-state index is 0. The molecule has 3 N–H and O–H groups in total. The van der Waals surface area contributed by atoms with Crippen LogP contribution in [0.25, 0.3) is 0 Å². The second-order valence-corrected chi connectivity index (χ2v) is 4.98. The van der Waals surface area contributed by atoms with Crippen LogP contribution in [0.4, 0.5) is 0 Å². The van der Waals surface area contributed by atoms with Crippen LogP contribution < -0.4 is 15.8 Å². The first kappa shape index (κ1) is 18.7. The van der Waals surface area contributed by atoms with Gasteiger partial charge in [0.05, 0.1) is 13.0 Å². The minimum Gasteiger partial charge on any atom is -0.493 e. The maximum Gasteiger partial charge on any atom is 0.223 e. The Morgan fingerprint density at radius 2 is 2.10 bits per heavy atom. The van der Waals surface area contributed by atoms with Crippen molar-refractivity contribution in [3.63, 3.8) is 0 Å². The molecule has 0 spiro atoms. The van der Waals surface area contributed by atoms with Gasteiger partial charge in [0.15, 0.2) is 0 Å². The van der Waals surface area contributed by atoms with Crippen LogP contribution in [-0.2, 0) is 4.79 Å². The van der Waals surface area contributed by atoms with Gasteiger partial charge in [-0.05, 0) is 38.8 Å². The van der Waals surface area contributed by atoms with Crippen LogP contribution in [0.2, 0.25) is 0 Å². The molecule has 0 saturated carbocycles. The molecule has 0 fully saturated rings. The van der Waals surface area contributed by atoms with Crippen molar-refractivity contribution in [1.82, 2.24) is 5.32 Å². The second kappa shape index (κ2) is 9.61. The highest BCUT2D eigenvalue weighted by molar-refractivity contribution is 5.85. The number of ether oxygens (including phenoxy) is 1. The molecule has 0 heterocycles. The Hall–Kier alpha value is -1.26. The molecule has 1 rings (SSSR count). The van der Waals surface area contributed by atoms with Crippen molar-refractivity contribution in [1.29, 1.82) is 0 Å². The molecule has 0 aromatic heterocycles. The number of carbonyl (C=O) groups excluding carboxylic acids is 1. The Morgan fingerprint density at radius 3 is 2.70 bits per heavy atom. The molecule has 0 radical (unpaired) electrons. The van der Waals surface area contributed by atoms with Crippen LogP contribution in [0.15, 0.2) is 18.2 Å². The molecular formula is C15H25ClN2O2. The Morgan fingerprint density at radius 1 is 1.40 bits per heavy atom. The zero-order chi connectivity index (χ0) is 14.3. The molecule has 5 heteroatoms. The molecule has 1 unspecified atom stereocenters. The highest BCUT2D eigenvalue weighted by Gasteiger charge is 2.04. The van der Waals surface area contributed by atoms with Gasteiger partial charge >= 0.3 is 0 Å². The maximum atomic E-state index is 11.5. The number of rotatable bonds is 7. The van der Waals surface area contributed by atoms with E-state index < -0.39 is 0 Å². The fourth-order valence-corrected chi connectivity index (χ4v) is 1.74. The number of carbonyl (C=O) groups is 1. The SMILES string of the molecule is Cc1ccc(OCCC(=O)NCCC(C)N)c(C)c1.Cl. The van der Waals surface area contributed by atoms with Crippen molar-refractivity contribution in [2.75, 3.05) is 13.2 Å². The molecule has 0 bridgehead atoms. The van der Waals surface area contributed by atoms with Crippen LogP contribution in [0.1, 0.15) is 30.9 Å². The smallest absolute Gasteiger partial charge is 0.223 e. The van der Waals surface area contributed by atoms with E-state index in [2.05, 4.69) is 11.4 Å². The van der Waals surface area contributed by atoms with E-state index in [1.807, 2.05) is 32.9 Å². The van der Waals surface area contributed by atoms with Gasteiger partial charge in [0, 0.05) is 12.6 Å². The topological polar surface area (TPSA) is 64.3 Å². The predicted molar refractivity (Wildman–Crippen MR) is 84.6 cm³/mol. The van der Waals surface area contributed by atoms with Crippen molar-refractivity contribution in [3.8, 4) is 5.75 Å². The highest BCUT2D eigenvalue weighted by atomic mass is 35.5. The lowest BCUT2D eigenvalue weighted by Crippen LogP contribution is -2.29. The predicted octanol–water partition coefficient (Wildman–Crippen LogP) is 2.35. The number of aryl methyl sites for hydroxylation is 2. The molecule has 1 atom stereocenters. The third-order valence-electron chi connectivity index (χ3n) is 2.84. The van der Waals surface area contributed by atoms with E-state index in [0.29, 0.717) is 19.6 Å². The zero-order valence-corrected chi connectivity index (χ0v) is 13.3. The number of benzene rings is 1. The van der Waals surface area contributed by atoms with Crippen molar-refractivity contribution in [2.45, 2.75) is 39.7 Å². The molecule has 20 heavy (non-hydrogen) atoms. The van der Waals surface area contributed by atoms with Gasteiger partial charge in [0.2, 0.25) is 5.91 Å². The molecular weight excluding hydrogens is 276 g/mol. The van der Waals surface area contributed by atoms with E-state index in [4.69, 9.17) is 10.5 Å². The molecule has 1 aromatic carbocycles. The highest BCUT2D eigenvalue weighted by Crippen LogP contribution is 2.18. The lowest BCUT2D eigenvalue weighted by atomic mass is 10.1. The van der Waals surface area contributed by atoms with E-state index >= 15 is 0 Å². The molecule has 0 saturated heterocycles. The zero-order valence-electron chi connectivity index (χ0n) is 12.4. The van der Waals surface area contributed by atoms with Gasteiger partial charge in [-0.3, -0.25) is 4.79 Å². The summed E-state index contributed by atoms with van der Waals surface area (Å²) in [6.45, 7) is 7.00. The van der Waals surface area contributed by atoms with E-state index in [1.165, 1.54) is 5.56 Å². The summed E-state index contributed by atoms with van der Waals surface area (Å²) >= 11 is 0. The number of nitrogens with one attached hydrogen (secondary N) is 1. The third-order valence-corrected chi connectivity index (χ3v) is 2.84. The number of hydrogen-bond acceptors (Lipinski definition) is 3. The average Bonchev–Trinajstić information content (AvgIpc) is 2.31. The summed E-state index contributed by atoms with van der Waals surface area (Å²) in [5.41, 5.74) is 7.91. The molecule has 1 amide bonds. The first-order chi connectivity index (χ1) is 8.99. The Balaban J connectivity index is 0.00000361. The normalized spacial score (nSPS) is 11.4. The van der Waals surface area contributed by atoms with Crippen LogP contribution >= 0.6 is 12.4 Å². The van der Waals surface area contributed by atoms with Gasteiger partial charge in [-0.1, -0.05) is 17.7 Å². The van der Waals surface area contributed by atoms with E-state index in [-0.39, 0.29) is 24.4 Å². The minimum absolute atomic E-state index is 0. The van der Waals surface area contributed by atoms with Crippen molar-refractivity contribution < 1.29 is 9.53 Å². The Kier molecular flexibility index (Phi) is 9.01. The van der Waals surface area contributed by atoms with Crippen LogP contribution in [0.5, 0.6) is 5.75 Å². The van der Waals surface area contributed by atoms with Gasteiger partial charge in [0.25, 0.3) is 0 Å². The lowest BCUT2D eigenvalue weighted by molar-refractivity contribution is -0.121. The largest absolute Gasteiger partial charge is 0.493 e. The molecule has 0 aliphatic rings. The fourth-order valence-electron chi connectivity index (χ4n) is 1.74. The van der Waals surface area contributed by atoms with Gasteiger partial charge in [0.1, 0.15) is 5.75 Å². The molecule has 0 aliphatic heterocycles. The lowest BCUT2D eigenvalue weighted by Gasteiger charge is -2.10. The summed E-state index contributed by atoms with van der Waals surface area (Å²) in [4.78, 5) is 11.5. The number of amides is 1. The van der Waals surface area contributed by atoms with Gasteiger partial charge < -0.3 is 15.8 Å². The third kappa shape index (κ3) is 7.36. The van der Waals surface area contributed by atoms with Crippen molar-refractivity contribution >= 4 is 18.3 Å². The molecule has 114 valence electrons. The summed E-state index contributed by atoms with van der Waals surface area (Å²) < 4.78 is 5.60. The number of nitrogens with two attached hydrogens (primary N) is 1. The first-order valence-electron chi connectivity index (χ1n) is 6.71. The van der Waals surface area contributed by atoms with Crippen LogP contribution in [-0.4, -0.2) is 25.1 Å². The first-order valence-corrected chi connectivity index (χ1v) is 6.71. The van der Waals surface area contributed by atoms with Crippen molar-refractivity contribution in [2.24, 2.45) is 5.73 Å². The number of hydrogen-bond donors (Lipinski definition) is 2. The maximum absolute atomic E-state index is 11.5. The summed E-state index contributed by atoms with van der Waals surface area (Å²) in [6, 6.07) is 6.13. The van der Waals surface area contributed by atoms with E-state index in [1.54, 1.807) is 0 Å². The average molecular weight is 301 g/mol. The summed E-state index contributed by atoms with van der Waals surface area (Å²) in [7, 11) is 0. The summed E-state index contributed by atoms with van der Waals surface area (Å²) in [5, 5.41) is 2.83. The summed E-state index contributed by atoms with van der Waals surface area (Å²) in [6.07, 6.45) is 1.16. The number of halogens is 1. The van der Waals surface area contributed by atoms with Crippen LogP contribution in [0.3, 0.4) is 0 Å². The second-order valence-electron chi connectivity index (χ2n) is 4.98. The fraction of sp³-hybridized carbons (Fsp3) is 0.533. The molecule has 1 aromatic rings. The Bertz CT molecular complexity index is 422. The van der Waals surface area contributed by atoms with Gasteiger partial charge in [-0.25, -0.2) is 0 Å². The monoisotopic (exact) mass is 300 g/mol. The van der Waals surface area contributed by atoms with Gasteiger partial charge in [-0.15, -0.1) is 12.4 Å². The van der Waals surface area contributed by atoms with E-state index in [0.717, 1.165) is 17.7 Å². The quantitative estimate of drug-likeness (QED) is 0.812. The standard InChI is InChI=1S/C15H24N2O2.ClH/c1-11-4-5-14(12(2)10-11)19-9-7-15(18)17-8-6-13(3)16;/h4-5,10,13H,6-9,16H2,1-3H3,(H,17,18);1H. The molecule has 0 aliphatic carbocycles. The van der Waals surface area contributed by atoms with Crippen molar-refractivity contribution in [3.05, 3.63) is 29.3 Å². The van der Waals surface area contributed by atoms with Crippen LogP contribution in [0, 0.1) is 13.8 Å². The summed E-state index contributed by atoms with van der Waals surface area (Å²) in [5.74, 6) is 0.847. The molecule has 4 nitrogen and oxygen atoms in total.